The molecule has 4 aromatic rings. The molecule has 1 N–H and O–H groups in total. The fourth-order valence-electron chi connectivity index (χ4n) is 2.37. The highest BCUT2D eigenvalue weighted by molar-refractivity contribution is 7.03. The van der Waals surface area contributed by atoms with E-state index in [0.717, 1.165) is 33.4 Å². The van der Waals surface area contributed by atoms with Crippen molar-refractivity contribution >= 4 is 22.6 Å². The van der Waals surface area contributed by atoms with Gasteiger partial charge < -0.3 is 0 Å². The van der Waals surface area contributed by atoms with Gasteiger partial charge in [0, 0.05) is 10.9 Å². The molecule has 20 heavy (non-hydrogen) atoms. The lowest BCUT2D eigenvalue weighted by Crippen LogP contribution is -1.87. The van der Waals surface area contributed by atoms with Crippen LogP contribution in [0.25, 0.3) is 33.4 Å². The van der Waals surface area contributed by atoms with Gasteiger partial charge in [-0.3, -0.25) is 0 Å². The van der Waals surface area contributed by atoms with E-state index in [2.05, 4.69) is 38.0 Å². The first-order valence-corrected chi connectivity index (χ1v) is 7.07. The maximum Gasteiger partial charge on any atom is 0.123 e. The summed E-state index contributed by atoms with van der Waals surface area (Å²) in [6, 6.07) is 16.3. The highest BCUT2D eigenvalue weighted by atomic mass is 32.1. The Balaban J connectivity index is 2.08. The molecule has 0 fully saturated rings. The maximum atomic E-state index is 4.46. The molecule has 0 aliphatic heterocycles. The Morgan fingerprint density at radius 3 is 2.60 bits per heavy atom. The predicted octanol–water partition coefficient (Wildman–Crippen LogP) is 3.75. The Kier molecular flexibility index (Phi) is 2.57. The lowest BCUT2D eigenvalue weighted by Gasteiger charge is -2.08. The minimum Gasteiger partial charge on any atom is -0.197 e. The lowest BCUT2D eigenvalue weighted by atomic mass is 9.96. The van der Waals surface area contributed by atoms with Crippen molar-refractivity contribution in [3.05, 3.63) is 53.9 Å². The van der Waals surface area contributed by atoms with Crippen LogP contribution in [-0.4, -0.2) is 19.8 Å². The smallest absolute Gasteiger partial charge is 0.123 e. The molecule has 2 aromatic heterocycles. The van der Waals surface area contributed by atoms with Crippen molar-refractivity contribution in [2.24, 2.45) is 0 Å². The second kappa shape index (κ2) is 4.54. The number of hydrogen-bond donors (Lipinski definition) is 1. The molecule has 2 heterocycles. The van der Waals surface area contributed by atoms with E-state index in [1.807, 2.05) is 35.7 Å². The van der Waals surface area contributed by atoms with Gasteiger partial charge in [0.05, 0.1) is 5.69 Å². The van der Waals surface area contributed by atoms with E-state index in [1.165, 1.54) is 11.5 Å². The van der Waals surface area contributed by atoms with Crippen LogP contribution in [0.1, 0.15) is 0 Å². The Morgan fingerprint density at radius 2 is 1.80 bits per heavy atom. The van der Waals surface area contributed by atoms with E-state index >= 15 is 0 Å². The van der Waals surface area contributed by atoms with E-state index < -0.39 is 0 Å². The number of hydrogen-bond acceptors (Lipinski definition) is 4. The van der Waals surface area contributed by atoms with E-state index in [0.29, 0.717) is 0 Å². The number of H-pyrrole nitrogens is 1. The summed E-state index contributed by atoms with van der Waals surface area (Å²) >= 11 is 1.44. The first kappa shape index (κ1) is 11.3. The molecule has 0 unspecified atom stereocenters. The molecule has 2 aromatic carbocycles. The van der Waals surface area contributed by atoms with Crippen molar-refractivity contribution < 1.29 is 0 Å². The predicted molar refractivity (Wildman–Crippen MR) is 80.4 cm³/mol. The molecule has 4 nitrogen and oxygen atoms in total. The van der Waals surface area contributed by atoms with Crippen LogP contribution in [0.15, 0.2) is 53.9 Å². The number of fused-ring (bicyclic) bond motifs is 1. The summed E-state index contributed by atoms with van der Waals surface area (Å²) in [7, 11) is 0. The van der Waals surface area contributed by atoms with Gasteiger partial charge in [-0.2, -0.15) is 19.8 Å². The van der Waals surface area contributed by atoms with E-state index in [1.54, 1.807) is 0 Å². The van der Waals surface area contributed by atoms with Crippen molar-refractivity contribution in [1.29, 1.82) is 0 Å². The van der Waals surface area contributed by atoms with E-state index in [9.17, 15) is 0 Å². The number of rotatable bonds is 2. The zero-order chi connectivity index (χ0) is 13.4. The molecular formula is C15H10N4S. The molecule has 0 spiro atoms. The fraction of sp³-hybridized carbons (Fsp3) is 0. The van der Waals surface area contributed by atoms with Crippen LogP contribution in [0, 0.1) is 0 Å². The summed E-state index contributed by atoms with van der Waals surface area (Å²) in [6.45, 7) is 0. The second-order valence-electron chi connectivity index (χ2n) is 4.43. The average Bonchev–Trinajstić information content (AvgIpc) is 3.18. The number of aromatic nitrogens is 4. The van der Waals surface area contributed by atoms with Crippen LogP contribution in [0.2, 0.25) is 0 Å². The zero-order valence-corrected chi connectivity index (χ0v) is 11.3. The first-order valence-electron chi connectivity index (χ1n) is 6.23. The van der Waals surface area contributed by atoms with Crippen LogP contribution < -0.4 is 0 Å². The highest BCUT2D eigenvalue weighted by Gasteiger charge is 2.15. The quantitative estimate of drug-likeness (QED) is 0.607. The van der Waals surface area contributed by atoms with Gasteiger partial charge in [0.2, 0.25) is 0 Å². The minimum atomic E-state index is 0.854. The molecule has 96 valence electrons. The molecule has 0 radical (unpaired) electrons. The Bertz CT molecular complexity index is 850. The van der Waals surface area contributed by atoms with Crippen molar-refractivity contribution in [3.63, 3.8) is 0 Å². The maximum absolute atomic E-state index is 4.46. The van der Waals surface area contributed by atoms with Crippen molar-refractivity contribution in [2.45, 2.75) is 0 Å². The summed E-state index contributed by atoms with van der Waals surface area (Å²) in [5, 5.41) is 13.1. The van der Waals surface area contributed by atoms with Crippen LogP contribution in [0.4, 0.5) is 0 Å². The van der Waals surface area contributed by atoms with Crippen molar-refractivity contribution in [2.75, 3.05) is 0 Å². The van der Waals surface area contributed by atoms with Gasteiger partial charge in [0.15, 0.2) is 0 Å². The third kappa shape index (κ3) is 1.71. The normalized spacial score (nSPS) is 11.0. The molecule has 0 saturated heterocycles. The highest BCUT2D eigenvalue weighted by Crippen LogP contribution is 2.36. The van der Waals surface area contributed by atoms with Gasteiger partial charge in [-0.25, -0.2) is 0 Å². The van der Waals surface area contributed by atoms with Gasteiger partial charge in [0.25, 0.3) is 0 Å². The zero-order valence-electron chi connectivity index (χ0n) is 10.4. The average molecular weight is 278 g/mol. The Hall–Kier alpha value is -2.53. The third-order valence-electron chi connectivity index (χ3n) is 3.27. The standard InChI is InChI=1S/C15H10N4S/c1-2-4-10(5-3-1)11-6-7-13-15(17-19-16-13)14(11)12-8-9-20-18-12/h1-9H,(H,16,17,19). The molecule has 0 aliphatic carbocycles. The van der Waals surface area contributed by atoms with Crippen LogP contribution in [-0.2, 0) is 0 Å². The Labute approximate surface area is 119 Å². The topological polar surface area (TPSA) is 54.5 Å². The van der Waals surface area contributed by atoms with Gasteiger partial charge in [0.1, 0.15) is 11.0 Å². The van der Waals surface area contributed by atoms with E-state index in [-0.39, 0.29) is 0 Å². The van der Waals surface area contributed by atoms with Gasteiger partial charge in [-0.1, -0.05) is 36.4 Å². The molecular weight excluding hydrogens is 268 g/mol. The number of benzene rings is 2. The molecule has 0 bridgehead atoms. The lowest BCUT2D eigenvalue weighted by molar-refractivity contribution is 0.959. The van der Waals surface area contributed by atoms with E-state index in [4.69, 9.17) is 0 Å². The van der Waals surface area contributed by atoms with Crippen LogP contribution in [0.3, 0.4) is 0 Å². The summed E-state index contributed by atoms with van der Waals surface area (Å²) < 4.78 is 4.46. The molecule has 4 rings (SSSR count). The van der Waals surface area contributed by atoms with Gasteiger partial charge in [-0.15, -0.1) is 0 Å². The SMILES string of the molecule is c1ccc(-c2ccc3n[nH]nc3c2-c2ccsn2)cc1. The van der Waals surface area contributed by atoms with Crippen LogP contribution in [0.5, 0.6) is 0 Å². The summed E-state index contributed by atoms with van der Waals surface area (Å²) in [4.78, 5) is 0. The largest absolute Gasteiger partial charge is 0.197 e. The summed E-state index contributed by atoms with van der Waals surface area (Å²) in [6.07, 6.45) is 0. The molecule has 5 heteroatoms. The second-order valence-corrected chi connectivity index (χ2v) is 5.10. The number of nitrogens with zero attached hydrogens (tertiary/aromatic N) is 3. The fourth-order valence-corrected chi connectivity index (χ4v) is 2.89. The molecule has 0 aliphatic rings. The summed E-state index contributed by atoms with van der Waals surface area (Å²) in [5.41, 5.74) is 5.96. The van der Waals surface area contributed by atoms with Gasteiger partial charge >= 0.3 is 0 Å². The van der Waals surface area contributed by atoms with Gasteiger partial charge in [-0.05, 0) is 34.8 Å². The molecule has 0 atom stereocenters. The first-order chi connectivity index (χ1) is 9.93. The molecule has 0 amide bonds. The molecule has 0 saturated carbocycles. The Morgan fingerprint density at radius 1 is 0.900 bits per heavy atom. The number of aromatic amines is 1. The van der Waals surface area contributed by atoms with Crippen LogP contribution >= 0.6 is 11.5 Å². The summed E-state index contributed by atoms with van der Waals surface area (Å²) in [5.74, 6) is 0. The van der Waals surface area contributed by atoms with Crippen molar-refractivity contribution in [1.82, 2.24) is 19.8 Å². The minimum absolute atomic E-state index is 0.854. The third-order valence-corrected chi connectivity index (χ3v) is 3.83. The number of nitrogens with one attached hydrogen (secondary N) is 1. The monoisotopic (exact) mass is 278 g/mol. The van der Waals surface area contributed by atoms with Crippen molar-refractivity contribution in [3.8, 4) is 22.4 Å².